The number of hydrogen-bond donors (Lipinski definition) is 1. The fraction of sp³-hybridized carbons (Fsp3) is 0.385. The van der Waals surface area contributed by atoms with Gasteiger partial charge >= 0.3 is 0 Å². The van der Waals surface area contributed by atoms with E-state index < -0.39 is 0 Å². The maximum atomic E-state index is 13.3. The SMILES string of the molecule is CCCNCc1cc(F)ccc1Sc1nncn1C. The molecule has 19 heavy (non-hydrogen) atoms. The summed E-state index contributed by atoms with van der Waals surface area (Å²) in [6, 6.07) is 4.83. The number of aryl methyl sites for hydroxylation is 1. The molecule has 0 saturated carbocycles. The molecule has 1 aromatic heterocycles. The zero-order valence-corrected chi connectivity index (χ0v) is 11.9. The number of nitrogens with zero attached hydrogens (tertiary/aromatic N) is 3. The summed E-state index contributed by atoms with van der Waals surface area (Å²) in [5.74, 6) is -0.212. The maximum absolute atomic E-state index is 13.3. The van der Waals surface area contributed by atoms with Crippen LogP contribution < -0.4 is 5.32 Å². The van der Waals surface area contributed by atoms with E-state index in [2.05, 4.69) is 22.4 Å². The van der Waals surface area contributed by atoms with Crippen LogP contribution in [0.2, 0.25) is 0 Å². The lowest BCUT2D eigenvalue weighted by molar-refractivity contribution is 0.615. The molecule has 4 nitrogen and oxygen atoms in total. The van der Waals surface area contributed by atoms with E-state index in [1.807, 2.05) is 11.6 Å². The second-order valence-corrected chi connectivity index (χ2v) is 5.26. The first-order chi connectivity index (χ1) is 9.20. The van der Waals surface area contributed by atoms with Crippen molar-refractivity contribution >= 4 is 11.8 Å². The second-order valence-electron chi connectivity index (χ2n) is 4.26. The predicted molar refractivity (Wildman–Crippen MR) is 73.5 cm³/mol. The summed E-state index contributed by atoms with van der Waals surface area (Å²) in [5, 5.41) is 12.0. The zero-order valence-electron chi connectivity index (χ0n) is 11.1. The Kier molecular flexibility index (Phi) is 4.93. The van der Waals surface area contributed by atoms with Crippen LogP contribution in [0.5, 0.6) is 0 Å². The Balaban J connectivity index is 2.16. The minimum absolute atomic E-state index is 0.212. The predicted octanol–water partition coefficient (Wildman–Crippen LogP) is 2.61. The normalized spacial score (nSPS) is 10.9. The van der Waals surface area contributed by atoms with E-state index in [0.717, 1.165) is 28.6 Å². The highest BCUT2D eigenvalue weighted by atomic mass is 32.2. The second kappa shape index (κ2) is 6.68. The van der Waals surface area contributed by atoms with Gasteiger partial charge in [0, 0.05) is 18.5 Å². The van der Waals surface area contributed by atoms with Gasteiger partial charge in [-0.05, 0) is 48.5 Å². The first kappa shape index (κ1) is 14.0. The minimum atomic E-state index is -0.212. The molecule has 0 amide bonds. The summed E-state index contributed by atoms with van der Waals surface area (Å²) in [6.45, 7) is 3.68. The van der Waals surface area contributed by atoms with Crippen molar-refractivity contribution in [3.05, 3.63) is 35.9 Å². The van der Waals surface area contributed by atoms with Crippen molar-refractivity contribution in [3.63, 3.8) is 0 Å². The van der Waals surface area contributed by atoms with Gasteiger partial charge in [0.25, 0.3) is 0 Å². The topological polar surface area (TPSA) is 42.7 Å². The van der Waals surface area contributed by atoms with E-state index in [0.29, 0.717) is 6.54 Å². The third kappa shape index (κ3) is 3.78. The van der Waals surface area contributed by atoms with Crippen LogP contribution in [0.3, 0.4) is 0 Å². The Labute approximate surface area is 116 Å². The van der Waals surface area contributed by atoms with Crippen molar-refractivity contribution in [2.45, 2.75) is 29.9 Å². The highest BCUT2D eigenvalue weighted by molar-refractivity contribution is 7.99. The van der Waals surface area contributed by atoms with Crippen molar-refractivity contribution in [2.24, 2.45) is 7.05 Å². The molecule has 0 radical (unpaired) electrons. The van der Waals surface area contributed by atoms with E-state index in [-0.39, 0.29) is 5.82 Å². The summed E-state index contributed by atoms with van der Waals surface area (Å²) in [5.41, 5.74) is 0.946. The van der Waals surface area contributed by atoms with Crippen LogP contribution in [-0.2, 0) is 13.6 Å². The number of benzene rings is 1. The van der Waals surface area contributed by atoms with Crippen LogP contribution in [0.4, 0.5) is 4.39 Å². The Morgan fingerprint density at radius 3 is 2.95 bits per heavy atom. The first-order valence-corrected chi connectivity index (χ1v) is 7.03. The molecule has 0 saturated heterocycles. The van der Waals surface area contributed by atoms with E-state index in [1.165, 1.54) is 17.8 Å². The quantitative estimate of drug-likeness (QED) is 0.826. The summed E-state index contributed by atoms with van der Waals surface area (Å²) < 4.78 is 15.2. The van der Waals surface area contributed by atoms with Crippen LogP contribution in [0.15, 0.2) is 34.6 Å². The summed E-state index contributed by atoms with van der Waals surface area (Å²) in [7, 11) is 1.89. The monoisotopic (exact) mass is 280 g/mol. The summed E-state index contributed by atoms with van der Waals surface area (Å²) >= 11 is 1.50. The fourth-order valence-electron chi connectivity index (χ4n) is 1.65. The Hall–Kier alpha value is -1.40. The van der Waals surface area contributed by atoms with Crippen LogP contribution in [-0.4, -0.2) is 21.3 Å². The first-order valence-electron chi connectivity index (χ1n) is 6.21. The molecule has 2 aromatic rings. The molecule has 0 bridgehead atoms. The molecule has 102 valence electrons. The highest BCUT2D eigenvalue weighted by Crippen LogP contribution is 2.29. The number of nitrogens with one attached hydrogen (secondary N) is 1. The Bertz CT molecular complexity index is 541. The third-order valence-corrected chi connectivity index (χ3v) is 3.81. The minimum Gasteiger partial charge on any atom is -0.313 e. The van der Waals surface area contributed by atoms with E-state index in [9.17, 15) is 4.39 Å². The molecule has 1 N–H and O–H groups in total. The van der Waals surface area contributed by atoms with Gasteiger partial charge < -0.3 is 9.88 Å². The van der Waals surface area contributed by atoms with Gasteiger partial charge in [0.05, 0.1) is 0 Å². The number of aromatic nitrogens is 3. The molecular weight excluding hydrogens is 263 g/mol. The molecule has 6 heteroatoms. The lowest BCUT2D eigenvalue weighted by Gasteiger charge is -2.09. The van der Waals surface area contributed by atoms with E-state index >= 15 is 0 Å². The number of hydrogen-bond acceptors (Lipinski definition) is 4. The third-order valence-electron chi connectivity index (χ3n) is 2.64. The van der Waals surface area contributed by atoms with Crippen LogP contribution in [0.1, 0.15) is 18.9 Å². The molecular formula is C13H17FN4S. The Morgan fingerprint density at radius 2 is 2.26 bits per heavy atom. The molecule has 0 fully saturated rings. The van der Waals surface area contributed by atoms with Crippen molar-refractivity contribution in [1.82, 2.24) is 20.1 Å². The van der Waals surface area contributed by atoms with Gasteiger partial charge in [-0.2, -0.15) is 0 Å². The zero-order chi connectivity index (χ0) is 13.7. The Morgan fingerprint density at radius 1 is 1.42 bits per heavy atom. The number of halogens is 1. The lowest BCUT2D eigenvalue weighted by Crippen LogP contribution is -2.14. The highest BCUT2D eigenvalue weighted by Gasteiger charge is 2.09. The molecule has 0 spiro atoms. The van der Waals surface area contributed by atoms with Crippen molar-refractivity contribution in [1.29, 1.82) is 0 Å². The van der Waals surface area contributed by atoms with Gasteiger partial charge in [-0.15, -0.1) is 10.2 Å². The number of rotatable bonds is 6. The summed E-state index contributed by atoms with van der Waals surface area (Å²) in [6.07, 6.45) is 2.71. The maximum Gasteiger partial charge on any atom is 0.195 e. The molecule has 0 aliphatic heterocycles. The van der Waals surface area contributed by atoms with Gasteiger partial charge in [-0.1, -0.05) is 6.92 Å². The molecule has 0 unspecified atom stereocenters. The molecule has 2 rings (SSSR count). The molecule has 1 aromatic carbocycles. The average molecular weight is 280 g/mol. The van der Waals surface area contributed by atoms with Gasteiger partial charge in [0.1, 0.15) is 12.1 Å². The fourth-order valence-corrected chi connectivity index (χ4v) is 2.52. The van der Waals surface area contributed by atoms with E-state index in [1.54, 1.807) is 18.5 Å². The summed E-state index contributed by atoms with van der Waals surface area (Å²) in [4.78, 5) is 1.00. The molecule has 0 aliphatic rings. The van der Waals surface area contributed by atoms with Crippen LogP contribution in [0.25, 0.3) is 0 Å². The van der Waals surface area contributed by atoms with Gasteiger partial charge in [-0.3, -0.25) is 0 Å². The van der Waals surface area contributed by atoms with Crippen LogP contribution in [0, 0.1) is 5.82 Å². The molecule has 0 aliphatic carbocycles. The average Bonchev–Trinajstić information content (AvgIpc) is 2.78. The van der Waals surface area contributed by atoms with Crippen molar-refractivity contribution < 1.29 is 4.39 Å². The molecule has 0 atom stereocenters. The smallest absolute Gasteiger partial charge is 0.195 e. The van der Waals surface area contributed by atoms with Crippen molar-refractivity contribution in [2.75, 3.05) is 6.54 Å². The van der Waals surface area contributed by atoms with Gasteiger partial charge in [0.2, 0.25) is 0 Å². The largest absolute Gasteiger partial charge is 0.313 e. The van der Waals surface area contributed by atoms with E-state index in [4.69, 9.17) is 0 Å². The lowest BCUT2D eigenvalue weighted by atomic mass is 10.2. The standard InChI is InChI=1S/C13H17FN4S/c1-3-6-15-8-10-7-11(14)4-5-12(10)19-13-17-16-9-18(13)2/h4-5,7,9,15H,3,6,8H2,1-2H3. The van der Waals surface area contributed by atoms with Crippen LogP contribution >= 0.6 is 11.8 Å². The van der Waals surface area contributed by atoms with Gasteiger partial charge in [-0.25, -0.2) is 4.39 Å². The molecule has 1 heterocycles. The van der Waals surface area contributed by atoms with Gasteiger partial charge in [0.15, 0.2) is 5.16 Å². The van der Waals surface area contributed by atoms with Crippen molar-refractivity contribution in [3.8, 4) is 0 Å².